The molecule has 0 saturated heterocycles. The third-order valence-corrected chi connectivity index (χ3v) is 4.45. The molecular formula is C16H12ClFN2O2S. The van der Waals surface area contributed by atoms with E-state index in [0.29, 0.717) is 10.8 Å². The van der Waals surface area contributed by atoms with E-state index in [1.165, 1.54) is 23.5 Å². The number of hydrogen-bond acceptors (Lipinski definition) is 4. The standard InChI is InChI=1S/C16H12ClFN2O2S/c17-10-7-5-9(6-8-13(19)21)14(18)15(10)22-16-20-11-3-1-2-4-12(11)23-16/h1-5,7H,6,8H2,(H2,19,21). The van der Waals surface area contributed by atoms with E-state index < -0.39 is 11.7 Å². The number of hydrogen-bond donors (Lipinski definition) is 1. The SMILES string of the molecule is NC(=O)CCc1ccc(Cl)c(Oc2nc3ccccc3s2)c1F. The summed E-state index contributed by atoms with van der Waals surface area (Å²) in [5.74, 6) is -1.18. The number of ether oxygens (including phenoxy) is 1. The second kappa shape index (κ2) is 6.52. The first-order valence-electron chi connectivity index (χ1n) is 6.83. The van der Waals surface area contributed by atoms with E-state index in [9.17, 15) is 9.18 Å². The van der Waals surface area contributed by atoms with Crippen molar-refractivity contribution < 1.29 is 13.9 Å². The van der Waals surface area contributed by atoms with Gasteiger partial charge in [-0.2, -0.15) is 0 Å². The number of para-hydroxylation sites is 1. The molecule has 0 radical (unpaired) electrons. The van der Waals surface area contributed by atoms with Gasteiger partial charge < -0.3 is 10.5 Å². The molecule has 3 aromatic rings. The molecule has 0 atom stereocenters. The molecule has 3 rings (SSSR count). The molecule has 0 aliphatic heterocycles. The molecule has 2 N–H and O–H groups in total. The third kappa shape index (κ3) is 3.43. The lowest BCUT2D eigenvalue weighted by Crippen LogP contribution is -2.11. The van der Waals surface area contributed by atoms with Crippen molar-refractivity contribution in [2.75, 3.05) is 0 Å². The molecule has 0 aliphatic carbocycles. The molecule has 0 unspecified atom stereocenters. The van der Waals surface area contributed by atoms with E-state index in [0.717, 1.165) is 10.2 Å². The van der Waals surface area contributed by atoms with Crippen LogP contribution in [0.4, 0.5) is 4.39 Å². The molecular weight excluding hydrogens is 339 g/mol. The van der Waals surface area contributed by atoms with Gasteiger partial charge in [0.25, 0.3) is 5.19 Å². The summed E-state index contributed by atoms with van der Waals surface area (Å²) in [5.41, 5.74) is 6.19. The van der Waals surface area contributed by atoms with E-state index in [2.05, 4.69) is 4.98 Å². The number of nitrogens with zero attached hydrogens (tertiary/aromatic N) is 1. The first-order chi connectivity index (χ1) is 11.0. The molecule has 23 heavy (non-hydrogen) atoms. The Bertz CT molecular complexity index is 849. The highest BCUT2D eigenvalue weighted by Gasteiger charge is 2.17. The van der Waals surface area contributed by atoms with E-state index in [1.807, 2.05) is 24.3 Å². The number of rotatable bonds is 5. The van der Waals surface area contributed by atoms with Crippen molar-refractivity contribution in [2.24, 2.45) is 5.73 Å². The third-order valence-electron chi connectivity index (χ3n) is 3.23. The Hall–Kier alpha value is -2.18. The van der Waals surface area contributed by atoms with Crippen LogP contribution in [-0.2, 0) is 11.2 Å². The number of amides is 1. The van der Waals surface area contributed by atoms with Gasteiger partial charge in [0.2, 0.25) is 5.91 Å². The van der Waals surface area contributed by atoms with Crippen molar-refractivity contribution in [1.82, 2.24) is 4.98 Å². The van der Waals surface area contributed by atoms with Crippen LogP contribution in [0.1, 0.15) is 12.0 Å². The molecule has 1 amide bonds. The highest BCUT2D eigenvalue weighted by molar-refractivity contribution is 7.20. The van der Waals surface area contributed by atoms with Gasteiger partial charge in [0, 0.05) is 6.42 Å². The molecule has 1 aromatic heterocycles. The number of aromatic nitrogens is 1. The van der Waals surface area contributed by atoms with Crippen molar-refractivity contribution >= 4 is 39.1 Å². The van der Waals surface area contributed by atoms with Crippen LogP contribution in [0.3, 0.4) is 0 Å². The molecule has 0 saturated carbocycles. The predicted octanol–water partition coefficient (Wildman–Crippen LogP) is 4.30. The molecule has 0 spiro atoms. The van der Waals surface area contributed by atoms with E-state index in [1.54, 1.807) is 0 Å². The minimum Gasteiger partial charge on any atom is -0.426 e. The summed E-state index contributed by atoms with van der Waals surface area (Å²) in [5, 5.41) is 0.448. The van der Waals surface area contributed by atoms with E-state index in [4.69, 9.17) is 22.1 Å². The molecule has 7 heteroatoms. The van der Waals surface area contributed by atoms with Gasteiger partial charge in [0.15, 0.2) is 11.6 Å². The fourth-order valence-electron chi connectivity index (χ4n) is 2.10. The fraction of sp³-hybridized carbons (Fsp3) is 0.125. The van der Waals surface area contributed by atoms with Gasteiger partial charge in [-0.25, -0.2) is 9.37 Å². The summed E-state index contributed by atoms with van der Waals surface area (Å²) in [4.78, 5) is 15.2. The second-order valence-electron chi connectivity index (χ2n) is 4.87. The van der Waals surface area contributed by atoms with Gasteiger partial charge in [0.05, 0.1) is 15.2 Å². The predicted molar refractivity (Wildman–Crippen MR) is 88.6 cm³/mol. The van der Waals surface area contributed by atoms with Gasteiger partial charge in [-0.3, -0.25) is 4.79 Å². The van der Waals surface area contributed by atoms with Crippen LogP contribution in [0.2, 0.25) is 5.02 Å². The highest BCUT2D eigenvalue weighted by atomic mass is 35.5. The largest absolute Gasteiger partial charge is 0.426 e. The molecule has 4 nitrogen and oxygen atoms in total. The number of benzene rings is 2. The van der Waals surface area contributed by atoms with Crippen LogP contribution in [0, 0.1) is 5.82 Å². The van der Waals surface area contributed by atoms with Crippen LogP contribution in [-0.4, -0.2) is 10.9 Å². The second-order valence-corrected chi connectivity index (χ2v) is 6.27. The molecule has 118 valence electrons. The average Bonchev–Trinajstić information content (AvgIpc) is 2.93. The lowest BCUT2D eigenvalue weighted by molar-refractivity contribution is -0.117. The quantitative estimate of drug-likeness (QED) is 0.746. The Kier molecular flexibility index (Phi) is 4.45. The maximum Gasteiger partial charge on any atom is 0.279 e. The number of halogens is 2. The van der Waals surface area contributed by atoms with Crippen LogP contribution in [0.15, 0.2) is 36.4 Å². The maximum absolute atomic E-state index is 14.5. The van der Waals surface area contributed by atoms with Crippen LogP contribution < -0.4 is 10.5 Å². The first kappa shape index (κ1) is 15.7. The Morgan fingerprint density at radius 3 is 2.83 bits per heavy atom. The smallest absolute Gasteiger partial charge is 0.279 e. The van der Waals surface area contributed by atoms with Crippen molar-refractivity contribution in [3.05, 3.63) is 52.8 Å². The van der Waals surface area contributed by atoms with Crippen molar-refractivity contribution in [2.45, 2.75) is 12.8 Å². The number of carbonyl (C=O) groups is 1. The zero-order valence-corrected chi connectivity index (χ0v) is 13.5. The molecule has 1 heterocycles. The maximum atomic E-state index is 14.5. The Morgan fingerprint density at radius 2 is 2.09 bits per heavy atom. The number of carbonyl (C=O) groups excluding carboxylic acids is 1. The topological polar surface area (TPSA) is 65.2 Å². The summed E-state index contributed by atoms with van der Waals surface area (Å²) in [6.45, 7) is 0. The summed E-state index contributed by atoms with van der Waals surface area (Å²) < 4.78 is 21.0. The molecule has 0 fully saturated rings. The Balaban J connectivity index is 1.92. The normalized spacial score (nSPS) is 10.9. The van der Waals surface area contributed by atoms with Crippen molar-refractivity contribution in [3.8, 4) is 10.9 Å². The summed E-state index contributed by atoms with van der Waals surface area (Å²) >= 11 is 7.33. The molecule has 0 aliphatic rings. The number of primary amides is 1. The minimum atomic E-state index is -0.599. The van der Waals surface area contributed by atoms with Gasteiger partial charge in [-0.05, 0) is 30.2 Å². The monoisotopic (exact) mass is 350 g/mol. The first-order valence-corrected chi connectivity index (χ1v) is 8.02. The van der Waals surface area contributed by atoms with Crippen molar-refractivity contribution in [1.29, 1.82) is 0 Å². The highest BCUT2D eigenvalue weighted by Crippen LogP contribution is 2.37. The van der Waals surface area contributed by atoms with Gasteiger partial charge in [-0.15, -0.1) is 0 Å². The Morgan fingerprint density at radius 1 is 1.30 bits per heavy atom. The molecule has 0 bridgehead atoms. The lowest BCUT2D eigenvalue weighted by Gasteiger charge is -2.09. The minimum absolute atomic E-state index is 0.0547. The lowest BCUT2D eigenvalue weighted by atomic mass is 10.1. The number of fused-ring (bicyclic) bond motifs is 1. The van der Waals surface area contributed by atoms with Gasteiger partial charge in [0.1, 0.15) is 0 Å². The van der Waals surface area contributed by atoms with Crippen LogP contribution in [0.25, 0.3) is 10.2 Å². The van der Waals surface area contributed by atoms with Crippen LogP contribution >= 0.6 is 22.9 Å². The van der Waals surface area contributed by atoms with Gasteiger partial charge in [-0.1, -0.05) is 41.1 Å². The zero-order chi connectivity index (χ0) is 16.4. The Labute approximate surface area is 140 Å². The van der Waals surface area contributed by atoms with Gasteiger partial charge >= 0.3 is 0 Å². The van der Waals surface area contributed by atoms with Crippen LogP contribution in [0.5, 0.6) is 10.9 Å². The number of nitrogens with two attached hydrogens (primary N) is 1. The molecule has 2 aromatic carbocycles. The summed E-state index contributed by atoms with van der Waals surface area (Å²) in [7, 11) is 0. The fourth-order valence-corrected chi connectivity index (χ4v) is 3.11. The average molecular weight is 351 g/mol. The number of aryl methyl sites for hydroxylation is 1. The summed E-state index contributed by atoms with van der Waals surface area (Å²) in [6, 6.07) is 10.6. The summed E-state index contributed by atoms with van der Waals surface area (Å²) in [6.07, 6.45) is 0.244. The van der Waals surface area contributed by atoms with E-state index in [-0.39, 0.29) is 23.6 Å². The van der Waals surface area contributed by atoms with E-state index >= 15 is 0 Å². The van der Waals surface area contributed by atoms with Crippen molar-refractivity contribution in [3.63, 3.8) is 0 Å². The zero-order valence-electron chi connectivity index (χ0n) is 11.9. The number of thiazole rings is 1.